The molecule has 0 aromatic heterocycles. The maximum atomic E-state index is 11.3. The Morgan fingerprint density at radius 3 is 3.00 bits per heavy atom. The largest absolute Gasteiger partial charge is 0.496 e. The fraction of sp³-hybridized carbons (Fsp3) is 0.364. The summed E-state index contributed by atoms with van der Waals surface area (Å²) in [5.41, 5.74) is 8.50. The molecule has 0 heterocycles. The number of methoxy groups -OCH3 is 1. The Morgan fingerprint density at radius 1 is 1.68 bits per heavy atom. The number of carboxylic acids is 1. The van der Waals surface area contributed by atoms with Gasteiger partial charge in [0.15, 0.2) is 0 Å². The van der Waals surface area contributed by atoms with Crippen LogP contribution in [0.1, 0.15) is 11.6 Å². The first-order valence-corrected chi connectivity index (χ1v) is 5.79. The van der Waals surface area contributed by atoms with Crippen molar-refractivity contribution in [3.05, 3.63) is 39.2 Å². The summed E-state index contributed by atoms with van der Waals surface area (Å²) in [5, 5.41) is 15.6. The summed E-state index contributed by atoms with van der Waals surface area (Å²) < 4.78 is 5.12. The highest BCUT2D eigenvalue weighted by molar-refractivity contribution is 6.31. The second kappa shape index (κ2) is 7.48. The van der Waals surface area contributed by atoms with Gasteiger partial charge in [-0.15, -0.1) is 0 Å². The smallest absolute Gasteiger partial charge is 0.325 e. The van der Waals surface area contributed by atoms with Crippen LogP contribution in [0, 0.1) is 0 Å². The third-order valence-corrected chi connectivity index (χ3v) is 2.72. The van der Waals surface area contributed by atoms with E-state index in [1.807, 2.05) is 0 Å². The molecule has 7 nitrogen and oxygen atoms in total. The number of azide groups is 1. The Labute approximate surface area is 114 Å². The van der Waals surface area contributed by atoms with E-state index in [0.29, 0.717) is 16.3 Å². The van der Waals surface area contributed by atoms with E-state index in [1.165, 1.54) is 7.11 Å². The molecule has 0 bridgehead atoms. The lowest BCUT2D eigenvalue weighted by Gasteiger charge is -2.18. The van der Waals surface area contributed by atoms with Crippen LogP contribution < -0.4 is 10.1 Å². The lowest BCUT2D eigenvalue weighted by atomic mass is 10.1. The molecule has 102 valence electrons. The Hall–Kier alpha value is -1.95. The molecule has 1 aromatic rings. The fourth-order valence-corrected chi connectivity index (χ4v) is 1.87. The highest BCUT2D eigenvalue weighted by Gasteiger charge is 2.25. The molecule has 0 saturated carbocycles. The molecule has 19 heavy (non-hydrogen) atoms. The van der Waals surface area contributed by atoms with Gasteiger partial charge in [0.05, 0.1) is 7.11 Å². The predicted octanol–water partition coefficient (Wildman–Crippen LogP) is 2.37. The second-order valence-electron chi connectivity index (χ2n) is 3.54. The lowest BCUT2D eigenvalue weighted by Crippen LogP contribution is -2.31. The quantitative estimate of drug-likeness (QED) is 0.347. The van der Waals surface area contributed by atoms with Gasteiger partial charge >= 0.3 is 5.97 Å². The van der Waals surface area contributed by atoms with Crippen molar-refractivity contribution in [2.75, 3.05) is 20.2 Å². The van der Waals surface area contributed by atoms with Crippen molar-refractivity contribution in [2.45, 2.75) is 6.04 Å². The SMILES string of the molecule is COc1cccc(Cl)c1C(NCCN=[N+]=[N-])C(=O)O. The molecule has 1 unspecified atom stereocenters. The number of aliphatic carboxylic acids is 1. The van der Waals surface area contributed by atoms with Gasteiger partial charge in [0, 0.05) is 28.6 Å². The number of benzene rings is 1. The van der Waals surface area contributed by atoms with Crippen LogP contribution in [0.2, 0.25) is 5.02 Å². The van der Waals surface area contributed by atoms with Crippen LogP contribution in [0.3, 0.4) is 0 Å². The molecule has 0 aliphatic rings. The van der Waals surface area contributed by atoms with E-state index in [-0.39, 0.29) is 13.1 Å². The number of halogens is 1. The highest BCUT2D eigenvalue weighted by Crippen LogP contribution is 2.32. The van der Waals surface area contributed by atoms with Crippen molar-refractivity contribution in [1.82, 2.24) is 5.32 Å². The van der Waals surface area contributed by atoms with Gasteiger partial charge in [0.2, 0.25) is 0 Å². The van der Waals surface area contributed by atoms with Crippen molar-refractivity contribution in [3.8, 4) is 5.75 Å². The summed E-state index contributed by atoms with van der Waals surface area (Å²) in [6.45, 7) is 0.364. The number of nitrogens with zero attached hydrogens (tertiary/aromatic N) is 3. The Kier molecular flexibility index (Phi) is 5.95. The zero-order valence-electron chi connectivity index (χ0n) is 10.2. The standard InChI is InChI=1S/C11H13ClN4O3/c1-19-8-4-2-3-7(12)9(8)10(11(17)18)14-5-6-15-16-13/h2-4,10,14H,5-6H2,1H3,(H,17,18). The zero-order chi connectivity index (χ0) is 14.3. The van der Waals surface area contributed by atoms with Gasteiger partial charge in [0.25, 0.3) is 0 Å². The van der Waals surface area contributed by atoms with Gasteiger partial charge in [-0.05, 0) is 17.7 Å². The van der Waals surface area contributed by atoms with Gasteiger partial charge in [-0.3, -0.25) is 4.79 Å². The molecule has 1 rings (SSSR count). The minimum absolute atomic E-state index is 0.146. The molecular formula is C11H13ClN4O3. The summed E-state index contributed by atoms with van der Waals surface area (Å²) in [6, 6.07) is 3.86. The van der Waals surface area contributed by atoms with Gasteiger partial charge in [-0.2, -0.15) is 0 Å². The van der Waals surface area contributed by atoms with E-state index >= 15 is 0 Å². The minimum Gasteiger partial charge on any atom is -0.496 e. The maximum Gasteiger partial charge on any atom is 0.325 e. The Bertz CT molecular complexity index is 503. The van der Waals surface area contributed by atoms with E-state index in [9.17, 15) is 9.90 Å². The van der Waals surface area contributed by atoms with Crippen LogP contribution in [0.5, 0.6) is 5.75 Å². The van der Waals surface area contributed by atoms with Crippen LogP contribution in [-0.2, 0) is 4.79 Å². The number of carbonyl (C=O) groups is 1. The van der Waals surface area contributed by atoms with E-state index < -0.39 is 12.0 Å². The number of hydrogen-bond acceptors (Lipinski definition) is 4. The Morgan fingerprint density at radius 2 is 2.42 bits per heavy atom. The van der Waals surface area contributed by atoms with Gasteiger partial charge in [0.1, 0.15) is 11.8 Å². The summed E-state index contributed by atoms with van der Waals surface area (Å²) in [4.78, 5) is 13.9. The molecule has 0 fully saturated rings. The van der Waals surface area contributed by atoms with Gasteiger partial charge in [-0.25, -0.2) is 0 Å². The van der Waals surface area contributed by atoms with E-state index in [2.05, 4.69) is 15.3 Å². The molecular weight excluding hydrogens is 272 g/mol. The van der Waals surface area contributed by atoms with Crippen LogP contribution >= 0.6 is 11.6 Å². The topological polar surface area (TPSA) is 107 Å². The first-order chi connectivity index (χ1) is 9.11. The van der Waals surface area contributed by atoms with E-state index in [4.69, 9.17) is 21.9 Å². The third kappa shape index (κ3) is 4.03. The molecule has 0 radical (unpaired) electrons. The summed E-state index contributed by atoms with van der Waals surface area (Å²) in [5.74, 6) is -0.705. The van der Waals surface area contributed by atoms with Crippen LogP contribution in [-0.4, -0.2) is 31.3 Å². The molecule has 2 N–H and O–H groups in total. The minimum atomic E-state index is -1.09. The lowest BCUT2D eigenvalue weighted by molar-refractivity contribution is -0.139. The number of nitrogens with one attached hydrogen (secondary N) is 1. The average molecular weight is 285 g/mol. The van der Waals surface area contributed by atoms with Gasteiger partial charge < -0.3 is 15.2 Å². The number of carboxylic acid groups (broad SMARTS) is 1. The number of ether oxygens (including phenoxy) is 1. The number of rotatable bonds is 7. The molecule has 0 aliphatic carbocycles. The first-order valence-electron chi connectivity index (χ1n) is 5.41. The average Bonchev–Trinajstić information content (AvgIpc) is 2.39. The van der Waals surface area contributed by atoms with Crippen molar-refractivity contribution in [1.29, 1.82) is 0 Å². The van der Waals surface area contributed by atoms with E-state index in [1.54, 1.807) is 18.2 Å². The van der Waals surface area contributed by atoms with Crippen molar-refractivity contribution in [2.24, 2.45) is 5.11 Å². The first kappa shape index (κ1) is 15.1. The van der Waals surface area contributed by atoms with E-state index in [0.717, 1.165) is 0 Å². The van der Waals surface area contributed by atoms with Crippen molar-refractivity contribution < 1.29 is 14.6 Å². The summed E-state index contributed by atoms with van der Waals surface area (Å²) in [6.07, 6.45) is 0. The molecule has 1 aromatic carbocycles. The molecule has 0 saturated heterocycles. The van der Waals surface area contributed by atoms with Crippen LogP contribution in [0.15, 0.2) is 23.3 Å². The second-order valence-corrected chi connectivity index (χ2v) is 3.94. The molecule has 0 amide bonds. The molecule has 0 spiro atoms. The molecule has 1 atom stereocenters. The predicted molar refractivity (Wildman–Crippen MR) is 70.4 cm³/mol. The Balaban J connectivity index is 2.98. The molecule has 0 aliphatic heterocycles. The van der Waals surface area contributed by atoms with Crippen molar-refractivity contribution >= 4 is 17.6 Å². The summed E-state index contributed by atoms with van der Waals surface area (Å²) in [7, 11) is 1.44. The normalized spacial score (nSPS) is 11.5. The highest BCUT2D eigenvalue weighted by atomic mass is 35.5. The van der Waals surface area contributed by atoms with Crippen molar-refractivity contribution in [3.63, 3.8) is 0 Å². The maximum absolute atomic E-state index is 11.3. The third-order valence-electron chi connectivity index (χ3n) is 2.39. The van der Waals surface area contributed by atoms with Gasteiger partial charge in [-0.1, -0.05) is 22.8 Å². The number of hydrogen-bond donors (Lipinski definition) is 2. The van der Waals surface area contributed by atoms with Crippen LogP contribution in [0.25, 0.3) is 10.4 Å². The summed E-state index contributed by atoms with van der Waals surface area (Å²) >= 11 is 6.02. The zero-order valence-corrected chi connectivity index (χ0v) is 11.0. The monoisotopic (exact) mass is 284 g/mol. The molecule has 8 heteroatoms. The fourth-order valence-electron chi connectivity index (χ4n) is 1.59. The van der Waals surface area contributed by atoms with Crippen LogP contribution in [0.4, 0.5) is 0 Å².